The van der Waals surface area contributed by atoms with Crippen LogP contribution >= 0.6 is 15.9 Å². The number of halogens is 1. The van der Waals surface area contributed by atoms with E-state index in [1.54, 1.807) is 18.3 Å². The maximum absolute atomic E-state index is 13.4. The Morgan fingerprint density at radius 3 is 2.26 bits per heavy atom. The van der Waals surface area contributed by atoms with Crippen LogP contribution in [0.5, 0.6) is 0 Å². The van der Waals surface area contributed by atoms with Crippen LogP contribution < -0.4 is 5.43 Å². The number of nitrogens with one attached hydrogen (secondary N) is 1. The molecular formula is C29H29BrN4O3S. The van der Waals surface area contributed by atoms with E-state index in [1.807, 2.05) is 80.6 Å². The van der Waals surface area contributed by atoms with Crippen LogP contribution in [0, 0.1) is 13.8 Å². The third-order valence-corrected chi connectivity index (χ3v) is 8.53. The van der Waals surface area contributed by atoms with Crippen LogP contribution in [-0.2, 0) is 21.2 Å². The third-order valence-electron chi connectivity index (χ3n) is 6.14. The van der Waals surface area contributed by atoms with E-state index in [2.05, 4.69) is 31.0 Å². The molecule has 0 fully saturated rings. The van der Waals surface area contributed by atoms with Crippen molar-refractivity contribution in [1.82, 2.24) is 14.3 Å². The molecule has 38 heavy (non-hydrogen) atoms. The van der Waals surface area contributed by atoms with Gasteiger partial charge < -0.3 is 4.57 Å². The Morgan fingerprint density at radius 2 is 1.61 bits per heavy atom. The number of sulfonamides is 1. The molecule has 0 saturated carbocycles. The quantitative estimate of drug-likeness (QED) is 0.202. The van der Waals surface area contributed by atoms with E-state index in [0.29, 0.717) is 6.42 Å². The highest BCUT2D eigenvalue weighted by Gasteiger charge is 2.26. The average molecular weight is 594 g/mol. The number of aromatic nitrogens is 1. The van der Waals surface area contributed by atoms with Crippen molar-refractivity contribution in [2.75, 3.05) is 13.1 Å². The minimum absolute atomic E-state index is 0.124. The lowest BCUT2D eigenvalue weighted by molar-refractivity contribution is -0.121. The van der Waals surface area contributed by atoms with Gasteiger partial charge in [-0.25, -0.2) is 13.8 Å². The first-order valence-corrected chi connectivity index (χ1v) is 14.3. The summed E-state index contributed by atoms with van der Waals surface area (Å²) in [5.74, 6) is -0.521. The zero-order valence-electron chi connectivity index (χ0n) is 21.2. The first-order chi connectivity index (χ1) is 18.3. The fourth-order valence-corrected chi connectivity index (χ4v) is 5.86. The zero-order chi connectivity index (χ0) is 27.1. The molecule has 1 aromatic heterocycles. The van der Waals surface area contributed by atoms with Crippen molar-refractivity contribution >= 4 is 38.1 Å². The molecule has 1 amide bonds. The number of para-hydroxylation sites is 1. The summed E-state index contributed by atoms with van der Waals surface area (Å²) in [6.45, 7) is 3.79. The molecule has 1 heterocycles. The van der Waals surface area contributed by atoms with Crippen molar-refractivity contribution in [3.05, 3.63) is 118 Å². The van der Waals surface area contributed by atoms with Crippen molar-refractivity contribution in [3.63, 3.8) is 0 Å². The van der Waals surface area contributed by atoms with E-state index < -0.39 is 15.9 Å². The lowest BCUT2D eigenvalue weighted by Gasteiger charge is -2.21. The van der Waals surface area contributed by atoms with Gasteiger partial charge in [0.05, 0.1) is 17.7 Å². The Bertz CT molecular complexity index is 1520. The van der Waals surface area contributed by atoms with Crippen molar-refractivity contribution in [2.24, 2.45) is 5.10 Å². The lowest BCUT2D eigenvalue weighted by Crippen LogP contribution is -2.40. The SMILES string of the molecule is Cc1cc(/C=N/NC(=O)CN(CCc2ccccc2)S(=O)(=O)c2ccc(Br)cc2)c(C)n1-c1ccccc1. The van der Waals surface area contributed by atoms with Crippen LogP contribution in [0.25, 0.3) is 5.69 Å². The normalized spacial score (nSPS) is 11.8. The van der Waals surface area contributed by atoms with Gasteiger partial charge in [-0.2, -0.15) is 9.41 Å². The highest BCUT2D eigenvalue weighted by molar-refractivity contribution is 9.10. The van der Waals surface area contributed by atoms with Gasteiger partial charge in [0.1, 0.15) is 0 Å². The van der Waals surface area contributed by atoms with Gasteiger partial charge in [0.15, 0.2) is 0 Å². The van der Waals surface area contributed by atoms with Crippen molar-refractivity contribution in [1.29, 1.82) is 0 Å². The Hall–Kier alpha value is -3.53. The number of nitrogens with zero attached hydrogens (tertiary/aromatic N) is 3. The predicted octanol–water partition coefficient (Wildman–Crippen LogP) is 5.24. The van der Waals surface area contributed by atoms with E-state index in [4.69, 9.17) is 0 Å². The first kappa shape index (κ1) is 27.5. The van der Waals surface area contributed by atoms with Crippen LogP contribution in [0.4, 0.5) is 0 Å². The smallest absolute Gasteiger partial charge is 0.255 e. The van der Waals surface area contributed by atoms with E-state index in [-0.39, 0.29) is 18.0 Å². The average Bonchev–Trinajstić information content (AvgIpc) is 3.20. The molecule has 0 spiro atoms. The lowest BCUT2D eigenvalue weighted by atomic mass is 10.1. The van der Waals surface area contributed by atoms with Crippen molar-refractivity contribution < 1.29 is 13.2 Å². The number of carbonyl (C=O) groups is 1. The van der Waals surface area contributed by atoms with Gasteiger partial charge in [-0.1, -0.05) is 64.5 Å². The molecule has 9 heteroatoms. The largest absolute Gasteiger partial charge is 0.318 e. The summed E-state index contributed by atoms with van der Waals surface area (Å²) in [6.07, 6.45) is 2.05. The molecule has 0 atom stereocenters. The second kappa shape index (κ2) is 12.3. The zero-order valence-corrected chi connectivity index (χ0v) is 23.6. The Labute approximate surface area is 232 Å². The summed E-state index contributed by atoms with van der Waals surface area (Å²) in [5, 5.41) is 4.12. The fraction of sp³-hybridized carbons (Fsp3) is 0.172. The molecule has 1 N–H and O–H groups in total. The van der Waals surface area contributed by atoms with Gasteiger partial charge >= 0.3 is 0 Å². The minimum atomic E-state index is -3.90. The number of amides is 1. The van der Waals surface area contributed by atoms with Crippen LogP contribution in [0.15, 0.2) is 105 Å². The van der Waals surface area contributed by atoms with Gasteiger partial charge in [-0.05, 0) is 68.3 Å². The summed E-state index contributed by atoms with van der Waals surface area (Å²) in [7, 11) is -3.90. The van der Waals surface area contributed by atoms with Gasteiger partial charge in [0, 0.05) is 33.7 Å². The number of carbonyl (C=O) groups excluding carboxylic acids is 1. The predicted molar refractivity (Wildman–Crippen MR) is 154 cm³/mol. The number of benzene rings is 3. The van der Waals surface area contributed by atoms with E-state index in [0.717, 1.165) is 32.7 Å². The number of rotatable bonds is 10. The molecule has 0 radical (unpaired) electrons. The van der Waals surface area contributed by atoms with Crippen molar-refractivity contribution in [2.45, 2.75) is 25.2 Å². The molecule has 0 unspecified atom stereocenters. The first-order valence-electron chi connectivity index (χ1n) is 12.1. The Morgan fingerprint density at radius 1 is 0.974 bits per heavy atom. The summed E-state index contributed by atoms with van der Waals surface area (Å²) in [4.78, 5) is 12.9. The van der Waals surface area contributed by atoms with E-state index in [1.165, 1.54) is 16.4 Å². The summed E-state index contributed by atoms with van der Waals surface area (Å²) >= 11 is 3.33. The number of hydrogen-bond acceptors (Lipinski definition) is 4. The van der Waals surface area contributed by atoms with Crippen molar-refractivity contribution in [3.8, 4) is 5.69 Å². The van der Waals surface area contributed by atoms with Crippen LogP contribution in [0.3, 0.4) is 0 Å². The molecule has 0 aliphatic carbocycles. The standard InChI is InChI=1S/C29H29BrN4O3S/c1-22-19-25(23(2)34(22)27-11-7-4-8-12-27)20-31-32-29(35)21-33(18-17-24-9-5-3-6-10-24)38(36,37)28-15-13-26(30)14-16-28/h3-16,19-20H,17-18,21H2,1-2H3,(H,32,35)/b31-20+. The van der Waals surface area contributed by atoms with Crippen LogP contribution in [0.2, 0.25) is 0 Å². The van der Waals surface area contributed by atoms with Gasteiger partial charge in [-0.3, -0.25) is 4.79 Å². The topological polar surface area (TPSA) is 83.8 Å². The second-order valence-electron chi connectivity index (χ2n) is 8.82. The maximum Gasteiger partial charge on any atom is 0.255 e. The van der Waals surface area contributed by atoms with Crippen LogP contribution in [0.1, 0.15) is 22.5 Å². The molecular weight excluding hydrogens is 564 g/mol. The highest BCUT2D eigenvalue weighted by atomic mass is 79.9. The van der Waals surface area contributed by atoms with Gasteiger partial charge in [0.25, 0.3) is 5.91 Å². The number of hydrazone groups is 1. The molecule has 3 aromatic carbocycles. The molecule has 0 aliphatic rings. The summed E-state index contributed by atoms with van der Waals surface area (Å²) in [5.41, 5.74) is 7.39. The maximum atomic E-state index is 13.4. The van der Waals surface area contributed by atoms with E-state index >= 15 is 0 Å². The number of aryl methyl sites for hydroxylation is 1. The Kier molecular flexibility index (Phi) is 8.93. The van der Waals surface area contributed by atoms with Gasteiger partial charge in [0.2, 0.25) is 10.0 Å². The van der Waals surface area contributed by atoms with Gasteiger partial charge in [-0.15, -0.1) is 0 Å². The van der Waals surface area contributed by atoms with E-state index in [9.17, 15) is 13.2 Å². The highest BCUT2D eigenvalue weighted by Crippen LogP contribution is 2.20. The fourth-order valence-electron chi connectivity index (χ4n) is 4.20. The monoisotopic (exact) mass is 592 g/mol. The molecule has 4 rings (SSSR count). The molecule has 0 saturated heterocycles. The molecule has 0 aliphatic heterocycles. The molecule has 4 aromatic rings. The van der Waals surface area contributed by atoms with Crippen LogP contribution in [-0.4, -0.2) is 42.5 Å². The molecule has 0 bridgehead atoms. The third kappa shape index (κ3) is 6.66. The second-order valence-corrected chi connectivity index (χ2v) is 11.7. The minimum Gasteiger partial charge on any atom is -0.318 e. The molecule has 7 nitrogen and oxygen atoms in total. The summed E-state index contributed by atoms with van der Waals surface area (Å²) in [6, 6.07) is 27.9. The summed E-state index contributed by atoms with van der Waals surface area (Å²) < 4.78 is 30.9. The molecule has 196 valence electrons. The Balaban J connectivity index is 1.48. The number of hydrogen-bond donors (Lipinski definition) is 1.